The lowest BCUT2D eigenvalue weighted by Crippen LogP contribution is -2.31. The normalized spacial score (nSPS) is 22.2. The Bertz CT molecular complexity index is 303. The van der Waals surface area contributed by atoms with Crippen molar-refractivity contribution in [3.05, 3.63) is 24.3 Å². The van der Waals surface area contributed by atoms with Gasteiger partial charge in [0.25, 0.3) is 0 Å². The van der Waals surface area contributed by atoms with Gasteiger partial charge >= 0.3 is 0 Å². The Morgan fingerprint density at radius 2 is 2.00 bits per heavy atom. The van der Waals surface area contributed by atoms with E-state index in [0.717, 1.165) is 5.69 Å². The minimum atomic E-state index is -2.75. The summed E-state index contributed by atoms with van der Waals surface area (Å²) in [5.41, 5.74) is 0.788. The molecular weight excluding hydrogens is 176 g/mol. The Kier molecular flexibility index (Phi) is 1.73. The van der Waals surface area contributed by atoms with Crippen LogP contribution in [0.4, 0.5) is 5.69 Å². The first kappa shape index (κ1) is 7.88. The van der Waals surface area contributed by atoms with E-state index in [9.17, 15) is 9.11 Å². The van der Waals surface area contributed by atoms with Crippen LogP contribution in [0.15, 0.2) is 29.2 Å². The van der Waals surface area contributed by atoms with Crippen molar-refractivity contribution in [2.24, 2.45) is 0 Å². The van der Waals surface area contributed by atoms with Gasteiger partial charge in [-0.25, -0.2) is 0 Å². The molecule has 66 valence electrons. The highest BCUT2D eigenvalue weighted by Crippen LogP contribution is 2.49. The Morgan fingerprint density at radius 3 is 2.75 bits per heavy atom. The average molecular weight is 186 g/mol. The molecule has 0 bridgehead atoms. The largest absolute Gasteiger partial charge is 0.370 e. The summed E-state index contributed by atoms with van der Waals surface area (Å²) < 4.78 is 21.6. The number of benzene rings is 1. The predicted octanol–water partition coefficient (Wildman–Crippen LogP) is 1.68. The number of fused-ring (bicyclic) bond motifs is 1. The summed E-state index contributed by atoms with van der Waals surface area (Å²) in [5, 5.41) is 3.01. The molecule has 1 aliphatic rings. The number of rotatable bonds is 0. The van der Waals surface area contributed by atoms with Gasteiger partial charge in [-0.2, -0.15) is 4.72 Å². The fourth-order valence-electron chi connectivity index (χ4n) is 1.17. The molecule has 5 heteroatoms. The summed E-state index contributed by atoms with van der Waals surface area (Å²) >= 11 is 0. The summed E-state index contributed by atoms with van der Waals surface area (Å²) in [6.45, 7) is 0.388. The van der Waals surface area contributed by atoms with Gasteiger partial charge < -0.3 is 5.32 Å². The second-order valence-corrected chi connectivity index (χ2v) is 4.37. The molecule has 0 aliphatic carbocycles. The third-order valence-corrected chi connectivity index (χ3v) is 3.26. The summed E-state index contributed by atoms with van der Waals surface area (Å²) in [5.74, 6) is 0. The van der Waals surface area contributed by atoms with Crippen molar-refractivity contribution in [1.29, 1.82) is 0 Å². The lowest BCUT2D eigenvalue weighted by atomic mass is 10.3. The van der Waals surface area contributed by atoms with Crippen LogP contribution in [0.25, 0.3) is 0 Å². The Labute approximate surface area is 72.1 Å². The number of nitrogens with one attached hydrogen (secondary N) is 2. The first-order valence-corrected chi connectivity index (χ1v) is 5.10. The van der Waals surface area contributed by atoms with Crippen molar-refractivity contribution in [3.8, 4) is 0 Å². The minimum absolute atomic E-state index is 0.388. The molecule has 0 radical (unpaired) electrons. The molecule has 2 rings (SSSR count). The zero-order chi connectivity index (χ0) is 8.60. The molecule has 0 saturated carbocycles. The maximum Gasteiger partial charge on any atom is 0.0982 e. The van der Waals surface area contributed by atoms with E-state index in [-0.39, 0.29) is 0 Å². The van der Waals surface area contributed by atoms with Crippen LogP contribution in [-0.2, 0) is 0 Å². The molecular formula is C7H10N2O2S. The van der Waals surface area contributed by atoms with Gasteiger partial charge in [-0.1, -0.05) is 12.1 Å². The van der Waals surface area contributed by atoms with Crippen LogP contribution < -0.4 is 10.0 Å². The highest BCUT2D eigenvalue weighted by molar-refractivity contribution is 8.22. The summed E-state index contributed by atoms with van der Waals surface area (Å²) in [4.78, 5) is 0.538. The zero-order valence-corrected chi connectivity index (χ0v) is 7.14. The molecule has 0 unspecified atom stereocenters. The number of hydrogen-bond acceptors (Lipinski definition) is 4. The zero-order valence-electron chi connectivity index (χ0n) is 6.32. The second-order valence-electron chi connectivity index (χ2n) is 2.54. The van der Waals surface area contributed by atoms with Gasteiger partial charge in [-0.3, -0.25) is 9.11 Å². The Balaban J connectivity index is 2.52. The number of para-hydroxylation sites is 1. The van der Waals surface area contributed by atoms with Crippen molar-refractivity contribution in [2.45, 2.75) is 4.90 Å². The van der Waals surface area contributed by atoms with Crippen molar-refractivity contribution in [2.75, 3.05) is 12.0 Å². The standard InChI is InChI=1S/C7H10N2O2S/c10-12(11)7-4-2-1-3-6(7)8-5-9-12/h1-4,8-11H,5H2. The maximum absolute atomic E-state index is 9.51. The van der Waals surface area contributed by atoms with E-state index >= 15 is 0 Å². The van der Waals surface area contributed by atoms with Crippen LogP contribution in [-0.4, -0.2) is 15.8 Å². The molecule has 0 atom stereocenters. The molecule has 0 amide bonds. The molecule has 4 nitrogen and oxygen atoms in total. The molecule has 1 aromatic carbocycles. The third kappa shape index (κ3) is 1.16. The predicted molar refractivity (Wildman–Crippen MR) is 49.2 cm³/mol. The summed E-state index contributed by atoms with van der Waals surface area (Å²) in [6, 6.07) is 7.16. The summed E-state index contributed by atoms with van der Waals surface area (Å²) in [7, 11) is -2.75. The van der Waals surface area contributed by atoms with E-state index in [1.807, 2.05) is 12.1 Å². The van der Waals surface area contributed by atoms with Gasteiger partial charge in [0.1, 0.15) is 0 Å². The van der Waals surface area contributed by atoms with Crippen molar-refractivity contribution >= 4 is 16.5 Å². The van der Waals surface area contributed by atoms with Crippen LogP contribution in [0, 0.1) is 0 Å². The van der Waals surface area contributed by atoms with Crippen LogP contribution in [0.5, 0.6) is 0 Å². The number of hydrogen-bond donors (Lipinski definition) is 4. The van der Waals surface area contributed by atoms with Gasteiger partial charge in [0.15, 0.2) is 0 Å². The maximum atomic E-state index is 9.51. The molecule has 12 heavy (non-hydrogen) atoms. The Morgan fingerprint density at radius 1 is 1.25 bits per heavy atom. The van der Waals surface area contributed by atoms with Gasteiger partial charge in [-0.05, 0) is 12.1 Å². The van der Waals surface area contributed by atoms with E-state index in [0.29, 0.717) is 11.6 Å². The SMILES string of the molecule is OS1(O)NCNc2ccccc21. The topological polar surface area (TPSA) is 64.5 Å². The van der Waals surface area contributed by atoms with Crippen LogP contribution in [0.1, 0.15) is 0 Å². The van der Waals surface area contributed by atoms with E-state index in [1.165, 1.54) is 0 Å². The van der Waals surface area contributed by atoms with Gasteiger partial charge in [0.2, 0.25) is 0 Å². The smallest absolute Gasteiger partial charge is 0.0982 e. The van der Waals surface area contributed by atoms with E-state index in [4.69, 9.17) is 0 Å². The Hall–Kier alpha value is -0.750. The monoisotopic (exact) mass is 186 g/mol. The molecule has 0 saturated heterocycles. The molecule has 1 heterocycles. The highest BCUT2D eigenvalue weighted by atomic mass is 32.3. The lowest BCUT2D eigenvalue weighted by molar-refractivity contribution is 0.469. The van der Waals surface area contributed by atoms with E-state index in [1.54, 1.807) is 12.1 Å². The average Bonchev–Trinajstić information content (AvgIpc) is 2.04. The molecule has 0 aromatic heterocycles. The van der Waals surface area contributed by atoms with Crippen molar-refractivity contribution < 1.29 is 9.11 Å². The van der Waals surface area contributed by atoms with Crippen LogP contribution in [0.2, 0.25) is 0 Å². The minimum Gasteiger partial charge on any atom is -0.370 e. The third-order valence-electron chi connectivity index (χ3n) is 1.75. The first-order chi connectivity index (χ1) is 5.70. The van der Waals surface area contributed by atoms with Crippen LogP contribution >= 0.6 is 10.8 Å². The quantitative estimate of drug-likeness (QED) is 0.498. The lowest BCUT2D eigenvalue weighted by Gasteiger charge is -2.38. The van der Waals surface area contributed by atoms with Crippen molar-refractivity contribution in [1.82, 2.24) is 4.72 Å². The number of anilines is 1. The van der Waals surface area contributed by atoms with Crippen molar-refractivity contribution in [3.63, 3.8) is 0 Å². The van der Waals surface area contributed by atoms with Gasteiger partial charge in [0.05, 0.1) is 17.3 Å². The van der Waals surface area contributed by atoms with Gasteiger partial charge in [0, 0.05) is 0 Å². The highest BCUT2D eigenvalue weighted by Gasteiger charge is 2.22. The molecule has 0 fully saturated rings. The molecule has 0 spiro atoms. The molecule has 1 aromatic rings. The fraction of sp³-hybridized carbons (Fsp3) is 0.143. The second kappa shape index (κ2) is 2.63. The van der Waals surface area contributed by atoms with E-state index < -0.39 is 10.8 Å². The van der Waals surface area contributed by atoms with Crippen LogP contribution in [0.3, 0.4) is 0 Å². The van der Waals surface area contributed by atoms with E-state index in [2.05, 4.69) is 10.0 Å². The van der Waals surface area contributed by atoms with Gasteiger partial charge in [-0.15, -0.1) is 10.8 Å². The molecule has 1 aliphatic heterocycles. The fourth-order valence-corrected chi connectivity index (χ4v) is 2.31. The molecule has 4 N–H and O–H groups in total. The first-order valence-electron chi connectivity index (χ1n) is 3.56. The summed E-state index contributed by atoms with van der Waals surface area (Å²) in [6.07, 6.45) is 0.